The quantitative estimate of drug-likeness (QED) is 0.490. The Morgan fingerprint density at radius 2 is 2.64 bits per heavy atom. The average molecular weight is 154 g/mol. The van der Waals surface area contributed by atoms with E-state index in [0.29, 0.717) is 12.5 Å². The maximum absolute atomic E-state index is 9.65. The highest BCUT2D eigenvalue weighted by molar-refractivity contribution is 5.12. The summed E-state index contributed by atoms with van der Waals surface area (Å²) in [5.74, 6) is 0. The van der Waals surface area contributed by atoms with Gasteiger partial charge in [0.25, 0.3) is 0 Å². The van der Waals surface area contributed by atoms with Crippen LogP contribution in [0.2, 0.25) is 0 Å². The summed E-state index contributed by atoms with van der Waals surface area (Å²) in [6.07, 6.45) is 5.84. The molecule has 0 spiro atoms. The molecule has 2 fully saturated rings. The third kappa shape index (κ3) is 0.932. The molecule has 1 N–H and O–H groups in total. The van der Waals surface area contributed by atoms with Crippen molar-refractivity contribution in [2.24, 2.45) is 0 Å². The van der Waals surface area contributed by atoms with Gasteiger partial charge in [0.1, 0.15) is 5.60 Å². The number of aliphatic hydroxyl groups is 1. The molecule has 1 saturated heterocycles. The van der Waals surface area contributed by atoms with Crippen LogP contribution in [0.25, 0.3) is 0 Å². The van der Waals surface area contributed by atoms with E-state index in [1.165, 1.54) is 6.42 Å². The summed E-state index contributed by atoms with van der Waals surface area (Å²) < 4.78 is 5.46. The lowest BCUT2D eigenvalue weighted by Gasteiger charge is -2.14. The maximum Gasteiger partial charge on any atom is 0.121 e. The SMILES string of the molecule is C=CC[C@H](O)[C@@]12CCC[C@@H]1O2. The Labute approximate surface area is 66.9 Å². The first kappa shape index (κ1) is 7.32. The van der Waals surface area contributed by atoms with E-state index in [1.807, 2.05) is 0 Å². The Balaban J connectivity index is 1.98. The van der Waals surface area contributed by atoms with Crippen LogP contribution in [0, 0.1) is 0 Å². The highest BCUT2D eigenvalue weighted by atomic mass is 16.6. The lowest BCUT2D eigenvalue weighted by Crippen LogP contribution is -2.28. The fraction of sp³-hybridized carbons (Fsp3) is 0.778. The fourth-order valence-corrected chi connectivity index (χ4v) is 2.13. The van der Waals surface area contributed by atoms with Gasteiger partial charge in [0.05, 0.1) is 12.2 Å². The van der Waals surface area contributed by atoms with Crippen molar-refractivity contribution in [3.63, 3.8) is 0 Å². The third-order valence-electron chi connectivity index (χ3n) is 2.84. The molecule has 1 heterocycles. The van der Waals surface area contributed by atoms with Gasteiger partial charge in [0.15, 0.2) is 0 Å². The Morgan fingerprint density at radius 3 is 3.09 bits per heavy atom. The van der Waals surface area contributed by atoms with Crippen molar-refractivity contribution in [2.45, 2.75) is 43.5 Å². The first-order valence-corrected chi connectivity index (χ1v) is 4.26. The summed E-state index contributed by atoms with van der Waals surface area (Å²) in [7, 11) is 0. The lowest BCUT2D eigenvalue weighted by atomic mass is 9.97. The Kier molecular flexibility index (Phi) is 1.55. The van der Waals surface area contributed by atoms with E-state index in [0.717, 1.165) is 12.8 Å². The van der Waals surface area contributed by atoms with Gasteiger partial charge in [0, 0.05) is 0 Å². The van der Waals surface area contributed by atoms with Crippen LogP contribution in [-0.2, 0) is 4.74 Å². The van der Waals surface area contributed by atoms with Gasteiger partial charge >= 0.3 is 0 Å². The van der Waals surface area contributed by atoms with Crippen LogP contribution < -0.4 is 0 Å². The molecule has 0 bridgehead atoms. The monoisotopic (exact) mass is 154 g/mol. The number of ether oxygens (including phenoxy) is 1. The third-order valence-corrected chi connectivity index (χ3v) is 2.84. The molecule has 2 nitrogen and oxygen atoms in total. The van der Waals surface area contributed by atoms with E-state index >= 15 is 0 Å². The Morgan fingerprint density at radius 1 is 1.82 bits per heavy atom. The molecule has 2 rings (SSSR count). The molecule has 0 radical (unpaired) electrons. The molecule has 0 aromatic carbocycles. The van der Waals surface area contributed by atoms with Crippen LogP contribution in [0.15, 0.2) is 12.7 Å². The minimum absolute atomic E-state index is 0.145. The topological polar surface area (TPSA) is 32.8 Å². The van der Waals surface area contributed by atoms with Crippen LogP contribution in [0.4, 0.5) is 0 Å². The first-order chi connectivity index (χ1) is 5.29. The van der Waals surface area contributed by atoms with Crippen molar-refractivity contribution in [3.8, 4) is 0 Å². The number of rotatable bonds is 3. The maximum atomic E-state index is 9.65. The molecular formula is C9H14O2. The van der Waals surface area contributed by atoms with Crippen molar-refractivity contribution in [1.29, 1.82) is 0 Å². The van der Waals surface area contributed by atoms with Gasteiger partial charge in [-0.1, -0.05) is 6.08 Å². The molecule has 0 aromatic heterocycles. The summed E-state index contributed by atoms with van der Waals surface area (Å²) in [6, 6.07) is 0. The first-order valence-electron chi connectivity index (χ1n) is 4.26. The number of hydrogen-bond acceptors (Lipinski definition) is 2. The van der Waals surface area contributed by atoms with E-state index in [-0.39, 0.29) is 11.7 Å². The summed E-state index contributed by atoms with van der Waals surface area (Å²) >= 11 is 0. The van der Waals surface area contributed by atoms with Crippen LogP contribution in [-0.4, -0.2) is 22.9 Å². The Hall–Kier alpha value is -0.340. The van der Waals surface area contributed by atoms with Gasteiger partial charge in [-0.15, -0.1) is 6.58 Å². The molecular weight excluding hydrogens is 140 g/mol. The van der Waals surface area contributed by atoms with Crippen molar-refractivity contribution >= 4 is 0 Å². The molecule has 1 aliphatic carbocycles. The molecule has 62 valence electrons. The molecule has 0 unspecified atom stereocenters. The van der Waals surface area contributed by atoms with Gasteiger partial charge in [-0.05, 0) is 25.7 Å². The largest absolute Gasteiger partial charge is 0.390 e. The van der Waals surface area contributed by atoms with Crippen LogP contribution >= 0.6 is 0 Å². The zero-order valence-corrected chi connectivity index (χ0v) is 6.62. The predicted octanol–water partition coefficient (Wildman–Crippen LogP) is 1.24. The average Bonchev–Trinajstić information content (AvgIpc) is 2.57. The minimum atomic E-state index is -0.313. The highest BCUT2D eigenvalue weighted by Crippen LogP contribution is 2.52. The summed E-state index contributed by atoms with van der Waals surface area (Å²) in [5.41, 5.74) is -0.145. The summed E-state index contributed by atoms with van der Waals surface area (Å²) in [6.45, 7) is 3.61. The molecule has 2 aliphatic rings. The second-order valence-electron chi connectivity index (χ2n) is 3.49. The molecule has 1 aliphatic heterocycles. The van der Waals surface area contributed by atoms with E-state index in [1.54, 1.807) is 6.08 Å². The van der Waals surface area contributed by atoms with Gasteiger partial charge in [-0.2, -0.15) is 0 Å². The molecule has 0 amide bonds. The van der Waals surface area contributed by atoms with Crippen LogP contribution in [0.3, 0.4) is 0 Å². The highest BCUT2D eigenvalue weighted by Gasteiger charge is 2.63. The fourth-order valence-electron chi connectivity index (χ4n) is 2.13. The summed E-state index contributed by atoms with van der Waals surface area (Å²) in [5, 5.41) is 9.65. The van der Waals surface area contributed by atoms with E-state index in [9.17, 15) is 5.11 Å². The van der Waals surface area contributed by atoms with Crippen molar-refractivity contribution < 1.29 is 9.84 Å². The van der Waals surface area contributed by atoms with E-state index < -0.39 is 0 Å². The van der Waals surface area contributed by atoms with Crippen LogP contribution in [0.1, 0.15) is 25.7 Å². The van der Waals surface area contributed by atoms with Gasteiger partial charge in [0.2, 0.25) is 0 Å². The van der Waals surface area contributed by atoms with Crippen LogP contribution in [0.5, 0.6) is 0 Å². The normalized spacial score (nSPS) is 43.2. The van der Waals surface area contributed by atoms with Crippen molar-refractivity contribution in [3.05, 3.63) is 12.7 Å². The van der Waals surface area contributed by atoms with Gasteiger partial charge in [-0.25, -0.2) is 0 Å². The van der Waals surface area contributed by atoms with Crippen molar-refractivity contribution in [2.75, 3.05) is 0 Å². The number of fused-ring (bicyclic) bond motifs is 1. The van der Waals surface area contributed by atoms with Gasteiger partial charge < -0.3 is 9.84 Å². The van der Waals surface area contributed by atoms with E-state index in [2.05, 4.69) is 6.58 Å². The smallest absolute Gasteiger partial charge is 0.121 e. The Bertz CT molecular complexity index is 178. The second-order valence-corrected chi connectivity index (χ2v) is 3.49. The minimum Gasteiger partial charge on any atom is -0.390 e. The zero-order valence-electron chi connectivity index (χ0n) is 6.62. The molecule has 0 aromatic rings. The standard InChI is InChI=1S/C9H14O2/c1-2-4-7(10)9-6-3-5-8(9)11-9/h2,7-8,10H,1,3-6H2/t7-,8-,9-/m0/s1. The molecule has 1 saturated carbocycles. The zero-order chi connectivity index (χ0) is 7.90. The molecule has 3 atom stereocenters. The predicted molar refractivity (Wildman–Crippen MR) is 42.3 cm³/mol. The summed E-state index contributed by atoms with van der Waals surface area (Å²) in [4.78, 5) is 0. The number of hydrogen-bond donors (Lipinski definition) is 1. The number of aliphatic hydroxyl groups excluding tert-OH is 1. The number of epoxide rings is 1. The molecule has 11 heavy (non-hydrogen) atoms. The molecule has 2 heteroatoms. The lowest BCUT2D eigenvalue weighted by molar-refractivity contribution is 0.0702. The van der Waals surface area contributed by atoms with E-state index in [4.69, 9.17) is 4.74 Å². The second kappa shape index (κ2) is 2.32. The van der Waals surface area contributed by atoms with Gasteiger partial charge in [-0.3, -0.25) is 0 Å². The van der Waals surface area contributed by atoms with Crippen molar-refractivity contribution in [1.82, 2.24) is 0 Å².